The molecular formula is C43H40N2O. The Morgan fingerprint density at radius 1 is 0.478 bits per heavy atom. The van der Waals surface area contributed by atoms with E-state index in [9.17, 15) is 0 Å². The third kappa shape index (κ3) is 4.18. The molecule has 0 radical (unpaired) electrons. The quantitative estimate of drug-likeness (QED) is 0.197. The minimum Gasteiger partial charge on any atom is -0.496 e. The van der Waals surface area contributed by atoms with Crippen LogP contribution in [0.2, 0.25) is 0 Å². The van der Waals surface area contributed by atoms with Crippen LogP contribution < -0.4 is 4.74 Å². The molecule has 0 spiro atoms. The standard InChI is InChI=1S/C43H40N2O/c1-42(2,3)28-17-21-30(22-18-28)44-35-25-16-27-12-8-9-13-32(27)38(35)40-36(44)26-37(46-7)39-33-14-10-11-15-34(33)45(41(39)40)31-23-19-29(20-24-31)43(4,5)6/h8-26H,1-7H3. The van der Waals surface area contributed by atoms with Crippen LogP contribution in [0.1, 0.15) is 52.7 Å². The zero-order valence-electron chi connectivity index (χ0n) is 27.8. The minimum absolute atomic E-state index is 0.0741. The molecule has 0 aliphatic rings. The molecule has 3 heteroatoms. The van der Waals surface area contributed by atoms with E-state index >= 15 is 0 Å². The lowest BCUT2D eigenvalue weighted by atomic mass is 9.87. The van der Waals surface area contributed by atoms with Gasteiger partial charge in [0.15, 0.2) is 0 Å². The molecule has 0 saturated carbocycles. The van der Waals surface area contributed by atoms with Gasteiger partial charge < -0.3 is 13.9 Å². The van der Waals surface area contributed by atoms with Crippen molar-refractivity contribution in [2.75, 3.05) is 7.11 Å². The Morgan fingerprint density at radius 2 is 1.04 bits per heavy atom. The van der Waals surface area contributed by atoms with E-state index in [0.717, 1.165) is 28.0 Å². The van der Waals surface area contributed by atoms with Crippen LogP contribution in [0.25, 0.3) is 65.8 Å². The second-order valence-corrected chi connectivity index (χ2v) is 14.7. The molecule has 0 atom stereocenters. The van der Waals surface area contributed by atoms with Crippen molar-refractivity contribution in [3.63, 3.8) is 0 Å². The fourth-order valence-corrected chi connectivity index (χ4v) is 7.31. The SMILES string of the molecule is COc1cc2c(c3c4ccccc4ccc3n2-c2ccc(C(C)(C)C)cc2)c2c1c1ccccc1n2-c1ccc(C(C)(C)C)cc1. The van der Waals surface area contributed by atoms with E-state index in [-0.39, 0.29) is 10.8 Å². The summed E-state index contributed by atoms with van der Waals surface area (Å²) >= 11 is 0. The van der Waals surface area contributed by atoms with Crippen LogP contribution in [0.5, 0.6) is 5.75 Å². The van der Waals surface area contributed by atoms with Gasteiger partial charge in [0.25, 0.3) is 0 Å². The number of nitrogens with zero attached hydrogens (tertiary/aromatic N) is 2. The van der Waals surface area contributed by atoms with Crippen LogP contribution in [0.4, 0.5) is 0 Å². The molecule has 228 valence electrons. The van der Waals surface area contributed by atoms with Crippen LogP contribution in [0.3, 0.4) is 0 Å². The summed E-state index contributed by atoms with van der Waals surface area (Å²) < 4.78 is 11.1. The van der Waals surface area contributed by atoms with Gasteiger partial charge >= 0.3 is 0 Å². The van der Waals surface area contributed by atoms with E-state index in [1.165, 1.54) is 54.6 Å². The number of para-hydroxylation sites is 1. The molecule has 0 fully saturated rings. The van der Waals surface area contributed by atoms with Gasteiger partial charge in [0.2, 0.25) is 0 Å². The predicted molar refractivity (Wildman–Crippen MR) is 197 cm³/mol. The summed E-state index contributed by atoms with van der Waals surface area (Å²) in [4.78, 5) is 0. The molecular weight excluding hydrogens is 560 g/mol. The van der Waals surface area contributed by atoms with Gasteiger partial charge in [0.1, 0.15) is 5.75 Å². The normalized spacial score (nSPS) is 12.7. The molecule has 2 heterocycles. The van der Waals surface area contributed by atoms with E-state index in [0.29, 0.717) is 0 Å². The van der Waals surface area contributed by atoms with Gasteiger partial charge in [-0.15, -0.1) is 0 Å². The van der Waals surface area contributed by atoms with Gasteiger partial charge in [0.05, 0.1) is 34.6 Å². The number of hydrogen-bond donors (Lipinski definition) is 0. The summed E-state index contributed by atoms with van der Waals surface area (Å²) in [6.07, 6.45) is 0. The largest absolute Gasteiger partial charge is 0.496 e. The van der Waals surface area contributed by atoms with Gasteiger partial charge in [-0.1, -0.05) is 114 Å². The highest BCUT2D eigenvalue weighted by molar-refractivity contribution is 6.32. The van der Waals surface area contributed by atoms with Crippen molar-refractivity contribution < 1.29 is 4.74 Å². The van der Waals surface area contributed by atoms with Crippen molar-refractivity contribution in [3.8, 4) is 17.1 Å². The molecule has 0 bridgehead atoms. The summed E-state index contributed by atoms with van der Waals surface area (Å²) in [5, 5.41) is 7.31. The van der Waals surface area contributed by atoms with E-state index in [4.69, 9.17) is 4.74 Å². The molecule has 46 heavy (non-hydrogen) atoms. The van der Waals surface area contributed by atoms with Crippen molar-refractivity contribution in [3.05, 3.63) is 126 Å². The van der Waals surface area contributed by atoms with Gasteiger partial charge in [-0.25, -0.2) is 0 Å². The van der Waals surface area contributed by atoms with E-state index in [2.05, 4.69) is 166 Å². The zero-order chi connectivity index (χ0) is 32.0. The summed E-state index contributed by atoms with van der Waals surface area (Å²) in [7, 11) is 1.80. The second kappa shape index (κ2) is 9.99. The summed E-state index contributed by atoms with van der Waals surface area (Å²) in [6.45, 7) is 13.6. The Kier molecular flexibility index (Phi) is 6.18. The molecule has 0 N–H and O–H groups in total. The maximum atomic E-state index is 6.27. The van der Waals surface area contributed by atoms with Gasteiger partial charge in [-0.3, -0.25) is 0 Å². The first-order chi connectivity index (χ1) is 22.1. The summed E-state index contributed by atoms with van der Waals surface area (Å²) in [5.74, 6) is 0.878. The topological polar surface area (TPSA) is 19.1 Å². The number of fused-ring (bicyclic) bond motifs is 9. The van der Waals surface area contributed by atoms with E-state index in [1.807, 2.05) is 0 Å². The molecule has 3 nitrogen and oxygen atoms in total. The van der Waals surface area contributed by atoms with Crippen molar-refractivity contribution >= 4 is 54.4 Å². The Labute approximate surface area is 270 Å². The molecule has 8 aromatic rings. The third-order valence-electron chi connectivity index (χ3n) is 9.72. The van der Waals surface area contributed by atoms with Crippen LogP contribution in [-0.4, -0.2) is 16.2 Å². The molecule has 0 aliphatic carbocycles. The van der Waals surface area contributed by atoms with Gasteiger partial charge in [-0.2, -0.15) is 0 Å². The van der Waals surface area contributed by atoms with E-state index < -0.39 is 0 Å². The first kappa shape index (κ1) is 28.5. The van der Waals surface area contributed by atoms with E-state index in [1.54, 1.807) is 7.11 Å². The lowest BCUT2D eigenvalue weighted by molar-refractivity contribution is 0.420. The Morgan fingerprint density at radius 3 is 1.65 bits per heavy atom. The average molecular weight is 601 g/mol. The molecule has 0 saturated heterocycles. The monoisotopic (exact) mass is 600 g/mol. The Bertz CT molecular complexity index is 2440. The lowest BCUT2D eigenvalue weighted by Crippen LogP contribution is -2.10. The number of benzene rings is 6. The highest BCUT2D eigenvalue weighted by Gasteiger charge is 2.25. The number of hydrogen-bond acceptors (Lipinski definition) is 1. The van der Waals surface area contributed by atoms with Crippen LogP contribution in [0.15, 0.2) is 115 Å². The maximum absolute atomic E-state index is 6.27. The Hall–Kier alpha value is -5.02. The number of ether oxygens (including phenoxy) is 1. The molecule has 0 amide bonds. The lowest BCUT2D eigenvalue weighted by Gasteiger charge is -2.20. The Balaban J connectivity index is 1.60. The van der Waals surface area contributed by atoms with Crippen molar-refractivity contribution in [1.29, 1.82) is 0 Å². The minimum atomic E-state index is 0.0741. The highest BCUT2D eigenvalue weighted by atomic mass is 16.5. The van der Waals surface area contributed by atoms with Crippen LogP contribution >= 0.6 is 0 Å². The first-order valence-electron chi connectivity index (χ1n) is 16.2. The smallest absolute Gasteiger partial charge is 0.131 e. The maximum Gasteiger partial charge on any atom is 0.131 e. The average Bonchev–Trinajstić information content (AvgIpc) is 3.57. The second-order valence-electron chi connectivity index (χ2n) is 14.7. The zero-order valence-corrected chi connectivity index (χ0v) is 27.8. The first-order valence-corrected chi connectivity index (χ1v) is 16.2. The predicted octanol–water partition coefficient (Wildman–Crippen LogP) is 11.6. The van der Waals surface area contributed by atoms with Crippen LogP contribution in [0, 0.1) is 0 Å². The number of rotatable bonds is 3. The molecule has 0 unspecified atom stereocenters. The number of aromatic nitrogens is 2. The third-order valence-corrected chi connectivity index (χ3v) is 9.72. The summed E-state index contributed by atoms with van der Waals surface area (Å²) in [5.41, 5.74) is 9.74. The molecule has 0 aliphatic heterocycles. The highest BCUT2D eigenvalue weighted by Crippen LogP contribution is 2.47. The number of methoxy groups -OCH3 is 1. The summed E-state index contributed by atoms with van der Waals surface area (Å²) in [6, 6.07) is 42.5. The van der Waals surface area contributed by atoms with Gasteiger partial charge in [-0.05, 0) is 69.1 Å². The molecule has 8 rings (SSSR count). The van der Waals surface area contributed by atoms with Crippen molar-refractivity contribution in [1.82, 2.24) is 9.13 Å². The van der Waals surface area contributed by atoms with Crippen molar-refractivity contribution in [2.45, 2.75) is 52.4 Å². The van der Waals surface area contributed by atoms with Crippen LogP contribution in [-0.2, 0) is 10.8 Å². The molecule has 2 aromatic heterocycles. The fraction of sp³-hybridized carbons (Fsp3) is 0.209. The van der Waals surface area contributed by atoms with Crippen molar-refractivity contribution in [2.24, 2.45) is 0 Å². The fourth-order valence-electron chi connectivity index (χ4n) is 7.31. The molecule has 6 aromatic carbocycles. The van der Waals surface area contributed by atoms with Gasteiger partial charge in [0, 0.05) is 33.6 Å².